The number of aliphatic hydroxyl groups is 1. The Morgan fingerprint density at radius 2 is 2.19 bits per heavy atom. The largest absolute Gasteiger partial charge is 0.477 e. The number of carboxylic acid groups (broad SMARTS) is 1. The van der Waals surface area contributed by atoms with Crippen LogP contribution in [-0.2, 0) is 9.59 Å². The number of rotatable bonds is 5. The number of carbonyl (C=O) groups is 3. The van der Waals surface area contributed by atoms with Crippen molar-refractivity contribution >= 4 is 40.6 Å². The van der Waals surface area contributed by atoms with Gasteiger partial charge >= 0.3 is 5.97 Å². The molecule has 0 spiro atoms. The van der Waals surface area contributed by atoms with E-state index in [0.717, 1.165) is 11.8 Å². The number of nitriles is 1. The molecule has 0 aromatic rings. The van der Waals surface area contributed by atoms with Gasteiger partial charge in [-0.05, 0) is 6.92 Å². The van der Waals surface area contributed by atoms with Crippen molar-refractivity contribution in [3.05, 3.63) is 10.6 Å². The van der Waals surface area contributed by atoms with Crippen molar-refractivity contribution < 1.29 is 24.6 Å². The summed E-state index contributed by atoms with van der Waals surface area (Å²) in [4.78, 5) is 39.3. The number of thioether (sulfide) groups is 2. The lowest BCUT2D eigenvalue weighted by atomic mass is 9.79. The molecule has 0 bridgehead atoms. The van der Waals surface area contributed by atoms with E-state index in [0.29, 0.717) is 17.2 Å². The molecule has 1 unspecified atom stereocenters. The number of aliphatic carboxylic acids is 1. The van der Waals surface area contributed by atoms with Crippen molar-refractivity contribution in [3.8, 4) is 6.07 Å². The molecule has 8 nitrogen and oxygen atoms in total. The third-order valence-corrected chi connectivity index (χ3v) is 7.69. The summed E-state index contributed by atoms with van der Waals surface area (Å²) in [7, 11) is 0. The van der Waals surface area contributed by atoms with Crippen LogP contribution in [0.15, 0.2) is 10.6 Å². The molecule has 3 heterocycles. The molecule has 0 aromatic carbocycles. The molecule has 0 aromatic heterocycles. The summed E-state index contributed by atoms with van der Waals surface area (Å²) in [5.41, 5.74) is -0.0110. The van der Waals surface area contributed by atoms with Crippen molar-refractivity contribution in [2.24, 2.45) is 11.8 Å². The molecule has 2 saturated heterocycles. The van der Waals surface area contributed by atoms with Crippen LogP contribution in [0.2, 0.25) is 0 Å². The topological polar surface area (TPSA) is 122 Å². The average Bonchev–Trinajstić information content (AvgIpc) is 2.80. The molecular weight excluding hydrogens is 378 g/mol. The quantitative estimate of drug-likeness (QED) is 0.519. The fourth-order valence-electron chi connectivity index (χ4n) is 3.77. The highest BCUT2D eigenvalue weighted by molar-refractivity contribution is 8.14. The first-order chi connectivity index (χ1) is 12.3. The SMILES string of the molecule is C[C@@H](O)[C@H]1C(=O)N2C(C(=O)O)=C(SC3CSC(=O)N(CC#N)C3)[C@H](C)[C@H]12. The van der Waals surface area contributed by atoms with Gasteiger partial charge in [0.05, 0.1) is 24.1 Å². The average molecular weight is 397 g/mol. The van der Waals surface area contributed by atoms with Crippen LogP contribution in [0.25, 0.3) is 0 Å². The van der Waals surface area contributed by atoms with Gasteiger partial charge in [0.25, 0.3) is 5.24 Å². The van der Waals surface area contributed by atoms with E-state index in [1.165, 1.54) is 21.6 Å². The molecule has 3 aliphatic heterocycles. The second kappa shape index (κ2) is 7.13. The maximum Gasteiger partial charge on any atom is 0.353 e. The van der Waals surface area contributed by atoms with E-state index in [1.807, 2.05) is 13.0 Å². The highest BCUT2D eigenvalue weighted by Crippen LogP contribution is 2.51. The zero-order valence-electron chi connectivity index (χ0n) is 14.3. The van der Waals surface area contributed by atoms with E-state index in [4.69, 9.17) is 5.26 Å². The Hall–Kier alpha value is -1.70. The number of aliphatic hydroxyl groups excluding tert-OH is 1. The molecule has 0 aliphatic carbocycles. The van der Waals surface area contributed by atoms with Crippen LogP contribution in [0, 0.1) is 23.2 Å². The van der Waals surface area contributed by atoms with Gasteiger partial charge in [-0.3, -0.25) is 9.59 Å². The van der Waals surface area contributed by atoms with Crippen LogP contribution in [-0.4, -0.2) is 73.4 Å². The molecule has 2 amide bonds. The maximum atomic E-state index is 12.3. The number of hydrogen-bond acceptors (Lipinski definition) is 7. The Bertz CT molecular complexity index is 732. The minimum Gasteiger partial charge on any atom is -0.477 e. The fraction of sp³-hybridized carbons (Fsp3) is 0.625. The van der Waals surface area contributed by atoms with Crippen molar-refractivity contribution in [2.45, 2.75) is 31.2 Å². The summed E-state index contributed by atoms with van der Waals surface area (Å²) in [6.07, 6.45) is -0.834. The molecule has 26 heavy (non-hydrogen) atoms. The van der Waals surface area contributed by atoms with Gasteiger partial charge < -0.3 is 20.0 Å². The fourth-order valence-corrected chi connectivity index (χ4v) is 6.27. The van der Waals surface area contributed by atoms with Crippen LogP contribution < -0.4 is 0 Å². The number of nitrogens with zero attached hydrogens (tertiary/aromatic N) is 3. The van der Waals surface area contributed by atoms with Crippen LogP contribution in [0.3, 0.4) is 0 Å². The molecule has 140 valence electrons. The molecule has 3 aliphatic rings. The normalized spacial score (nSPS) is 32.2. The van der Waals surface area contributed by atoms with Crippen molar-refractivity contribution in [2.75, 3.05) is 18.8 Å². The molecule has 5 atom stereocenters. The van der Waals surface area contributed by atoms with E-state index in [1.54, 1.807) is 6.92 Å². The number of hydrogen-bond donors (Lipinski definition) is 2. The summed E-state index contributed by atoms with van der Waals surface area (Å²) in [6, 6.07) is 1.62. The summed E-state index contributed by atoms with van der Waals surface area (Å²) >= 11 is 2.48. The van der Waals surface area contributed by atoms with E-state index in [9.17, 15) is 24.6 Å². The standard InChI is InChI=1S/C16H19N3O5S2/c1-7-11-10(8(2)20)14(21)19(11)12(15(22)23)13(7)26-9-5-18(4-3-17)16(24)25-6-9/h7-11,20H,4-6H2,1-2H3,(H,22,23)/t7-,8-,9?,10-,11-/m1/s1. The van der Waals surface area contributed by atoms with Crippen molar-refractivity contribution in [3.63, 3.8) is 0 Å². The minimum atomic E-state index is -1.16. The van der Waals surface area contributed by atoms with Gasteiger partial charge in [0, 0.05) is 28.4 Å². The molecule has 2 fully saturated rings. The van der Waals surface area contributed by atoms with Crippen molar-refractivity contribution in [1.29, 1.82) is 5.26 Å². The minimum absolute atomic E-state index is 0.000614. The van der Waals surface area contributed by atoms with E-state index in [2.05, 4.69) is 0 Å². The lowest BCUT2D eigenvalue weighted by Crippen LogP contribution is -2.63. The van der Waals surface area contributed by atoms with Gasteiger partial charge in [-0.15, -0.1) is 11.8 Å². The Labute approximate surface area is 159 Å². The van der Waals surface area contributed by atoms with Crippen LogP contribution in [0.4, 0.5) is 4.79 Å². The highest BCUT2D eigenvalue weighted by Gasteiger charge is 2.60. The van der Waals surface area contributed by atoms with Gasteiger partial charge in [0.1, 0.15) is 12.2 Å². The van der Waals surface area contributed by atoms with E-state index in [-0.39, 0.29) is 40.6 Å². The van der Waals surface area contributed by atoms with Crippen LogP contribution in [0.5, 0.6) is 0 Å². The molecule has 10 heteroatoms. The van der Waals surface area contributed by atoms with Gasteiger partial charge in [0.2, 0.25) is 5.91 Å². The zero-order valence-corrected chi connectivity index (χ0v) is 15.9. The Kier molecular flexibility index (Phi) is 5.23. The first kappa shape index (κ1) is 19.1. The Morgan fingerprint density at radius 3 is 2.77 bits per heavy atom. The van der Waals surface area contributed by atoms with Gasteiger partial charge in [0.15, 0.2) is 0 Å². The second-order valence-electron chi connectivity index (χ2n) is 6.63. The smallest absolute Gasteiger partial charge is 0.353 e. The number of β-lactam (4-membered cyclic amide) rings is 1. The lowest BCUT2D eigenvalue weighted by Gasteiger charge is -2.46. The lowest BCUT2D eigenvalue weighted by molar-refractivity contribution is -0.163. The Balaban J connectivity index is 1.82. The summed E-state index contributed by atoms with van der Waals surface area (Å²) in [6.45, 7) is 3.78. The van der Waals surface area contributed by atoms with Crippen molar-refractivity contribution in [1.82, 2.24) is 9.80 Å². The molecular formula is C16H19N3O5S2. The summed E-state index contributed by atoms with van der Waals surface area (Å²) in [5, 5.41) is 28.1. The highest BCUT2D eigenvalue weighted by atomic mass is 32.2. The van der Waals surface area contributed by atoms with Gasteiger partial charge in [-0.2, -0.15) is 5.26 Å². The van der Waals surface area contributed by atoms with Gasteiger partial charge in [-0.25, -0.2) is 4.79 Å². The Morgan fingerprint density at radius 1 is 1.50 bits per heavy atom. The monoisotopic (exact) mass is 397 g/mol. The third kappa shape index (κ3) is 2.98. The first-order valence-corrected chi connectivity index (χ1v) is 10.1. The zero-order chi connectivity index (χ0) is 19.2. The number of carboxylic acids is 1. The predicted octanol–water partition coefficient (Wildman–Crippen LogP) is 0.934. The number of amides is 2. The van der Waals surface area contributed by atoms with Gasteiger partial charge in [-0.1, -0.05) is 18.7 Å². The van der Waals surface area contributed by atoms with Crippen LogP contribution >= 0.6 is 23.5 Å². The first-order valence-electron chi connectivity index (χ1n) is 8.21. The summed E-state index contributed by atoms with van der Waals surface area (Å²) in [5.74, 6) is -1.78. The van der Waals surface area contributed by atoms with E-state index >= 15 is 0 Å². The van der Waals surface area contributed by atoms with E-state index < -0.39 is 18.0 Å². The maximum absolute atomic E-state index is 12.3. The summed E-state index contributed by atoms with van der Waals surface area (Å²) < 4.78 is 0. The van der Waals surface area contributed by atoms with Crippen LogP contribution in [0.1, 0.15) is 13.8 Å². The second-order valence-corrected chi connectivity index (χ2v) is 8.94. The third-order valence-electron chi connectivity index (χ3n) is 4.94. The number of fused-ring (bicyclic) bond motifs is 1. The molecule has 0 radical (unpaired) electrons. The molecule has 3 rings (SSSR count). The molecule has 0 saturated carbocycles. The number of carbonyl (C=O) groups excluding carboxylic acids is 2. The molecule has 2 N–H and O–H groups in total. The predicted molar refractivity (Wildman–Crippen MR) is 96.0 cm³/mol.